The van der Waals surface area contributed by atoms with Crippen LogP contribution in [-0.4, -0.2) is 18.9 Å². The maximum Gasteiger partial charge on any atom is 0.176 e. The summed E-state index contributed by atoms with van der Waals surface area (Å²) in [4.78, 5) is 11.9. The molecule has 1 aliphatic heterocycles. The standard InChI is InChI=1S/C16H18N2O.ClH/c19-16(15-7-4-10-17-12-9-15)13-18-11-8-14-5-2-1-3-6-14;/h1-7,9-10,12,17-18H,8,11,13H2;1H. The van der Waals surface area contributed by atoms with E-state index in [1.807, 2.05) is 30.4 Å². The van der Waals surface area contributed by atoms with Crippen LogP contribution in [0.25, 0.3) is 0 Å². The van der Waals surface area contributed by atoms with Gasteiger partial charge in [-0.05, 0) is 36.8 Å². The Bertz CT molecular complexity index is 506. The molecule has 3 nitrogen and oxygen atoms in total. The summed E-state index contributed by atoms with van der Waals surface area (Å²) >= 11 is 0. The van der Waals surface area contributed by atoms with Crippen LogP contribution in [-0.2, 0) is 11.2 Å². The predicted molar refractivity (Wildman–Crippen MR) is 84.8 cm³/mol. The van der Waals surface area contributed by atoms with Gasteiger partial charge in [-0.2, -0.15) is 0 Å². The van der Waals surface area contributed by atoms with Crippen LogP contribution < -0.4 is 10.6 Å². The number of halogens is 1. The quantitative estimate of drug-likeness (QED) is 0.790. The highest BCUT2D eigenvalue weighted by atomic mass is 35.5. The first-order chi connectivity index (χ1) is 9.36. The van der Waals surface area contributed by atoms with Gasteiger partial charge in [-0.25, -0.2) is 0 Å². The smallest absolute Gasteiger partial charge is 0.176 e. The number of ketones is 1. The number of nitrogens with one attached hydrogen (secondary N) is 2. The number of benzene rings is 1. The summed E-state index contributed by atoms with van der Waals surface area (Å²) in [5.41, 5.74) is 2.00. The molecule has 0 fully saturated rings. The average Bonchev–Trinajstić information content (AvgIpc) is 2.73. The summed E-state index contributed by atoms with van der Waals surface area (Å²) in [6.45, 7) is 1.18. The fraction of sp³-hybridized carbons (Fsp3) is 0.188. The van der Waals surface area contributed by atoms with Gasteiger partial charge in [0.05, 0.1) is 6.54 Å². The summed E-state index contributed by atoms with van der Waals surface area (Å²) in [5, 5.41) is 6.12. The molecule has 106 valence electrons. The van der Waals surface area contributed by atoms with Gasteiger partial charge in [0.1, 0.15) is 0 Å². The third-order valence-electron chi connectivity index (χ3n) is 2.87. The molecule has 0 saturated carbocycles. The summed E-state index contributed by atoms with van der Waals surface area (Å²) in [6.07, 6.45) is 9.93. The Kier molecular flexibility index (Phi) is 7.40. The van der Waals surface area contributed by atoms with Gasteiger partial charge in [0.2, 0.25) is 0 Å². The van der Waals surface area contributed by atoms with Crippen molar-refractivity contribution < 1.29 is 4.79 Å². The molecule has 20 heavy (non-hydrogen) atoms. The first kappa shape index (κ1) is 16.2. The Morgan fingerprint density at radius 1 is 1.15 bits per heavy atom. The molecule has 1 heterocycles. The largest absolute Gasteiger partial charge is 0.368 e. The fourth-order valence-corrected chi connectivity index (χ4v) is 1.82. The Labute approximate surface area is 125 Å². The summed E-state index contributed by atoms with van der Waals surface area (Å²) < 4.78 is 0. The van der Waals surface area contributed by atoms with Gasteiger partial charge in [-0.3, -0.25) is 4.79 Å². The van der Waals surface area contributed by atoms with Gasteiger partial charge in [-0.1, -0.05) is 30.3 Å². The number of carbonyl (C=O) groups is 1. The summed E-state index contributed by atoms with van der Waals surface area (Å²) in [7, 11) is 0. The van der Waals surface area contributed by atoms with E-state index in [9.17, 15) is 4.79 Å². The number of hydrogen-bond donors (Lipinski definition) is 2. The minimum Gasteiger partial charge on any atom is -0.368 e. The van der Waals surface area contributed by atoms with Crippen molar-refractivity contribution in [3.05, 3.63) is 72.1 Å². The van der Waals surface area contributed by atoms with Crippen molar-refractivity contribution >= 4 is 18.2 Å². The van der Waals surface area contributed by atoms with Crippen LogP contribution in [0, 0.1) is 0 Å². The van der Waals surface area contributed by atoms with Gasteiger partial charge in [-0.15, -0.1) is 12.4 Å². The molecule has 0 unspecified atom stereocenters. The maximum absolute atomic E-state index is 11.9. The highest BCUT2D eigenvalue weighted by Gasteiger charge is 2.05. The molecule has 0 spiro atoms. The van der Waals surface area contributed by atoms with Crippen LogP contribution in [0.5, 0.6) is 0 Å². The Balaban J connectivity index is 0.00000200. The van der Waals surface area contributed by atoms with Crippen LogP contribution in [0.4, 0.5) is 0 Å². The van der Waals surface area contributed by atoms with Crippen LogP contribution in [0.15, 0.2) is 66.5 Å². The van der Waals surface area contributed by atoms with Gasteiger partial charge in [0.25, 0.3) is 0 Å². The van der Waals surface area contributed by atoms with Crippen LogP contribution in [0.2, 0.25) is 0 Å². The second-order valence-corrected chi connectivity index (χ2v) is 4.32. The van der Waals surface area contributed by atoms with E-state index in [4.69, 9.17) is 0 Å². The first-order valence-electron chi connectivity index (χ1n) is 6.43. The first-order valence-corrected chi connectivity index (χ1v) is 6.43. The molecule has 0 radical (unpaired) electrons. The number of carbonyl (C=O) groups excluding carboxylic acids is 1. The van der Waals surface area contributed by atoms with Crippen molar-refractivity contribution in [2.45, 2.75) is 6.42 Å². The summed E-state index contributed by atoms with van der Waals surface area (Å²) in [5.74, 6) is 0.109. The molecule has 2 N–H and O–H groups in total. The van der Waals surface area contributed by atoms with Gasteiger partial charge < -0.3 is 10.6 Å². The van der Waals surface area contributed by atoms with Crippen molar-refractivity contribution in [2.24, 2.45) is 0 Å². The number of rotatable bonds is 6. The molecule has 1 aliphatic rings. The highest BCUT2D eigenvalue weighted by Crippen LogP contribution is 2.02. The highest BCUT2D eigenvalue weighted by molar-refractivity contribution is 5.99. The van der Waals surface area contributed by atoms with Crippen LogP contribution >= 0.6 is 12.4 Å². The van der Waals surface area contributed by atoms with Crippen molar-refractivity contribution in [1.29, 1.82) is 0 Å². The van der Waals surface area contributed by atoms with Gasteiger partial charge in [0, 0.05) is 18.0 Å². The molecular formula is C16H19ClN2O. The van der Waals surface area contributed by atoms with Crippen molar-refractivity contribution in [3.63, 3.8) is 0 Å². The van der Waals surface area contributed by atoms with E-state index in [2.05, 4.69) is 22.8 Å². The van der Waals surface area contributed by atoms with Gasteiger partial charge in [0.15, 0.2) is 5.78 Å². The molecule has 1 aromatic carbocycles. The van der Waals surface area contributed by atoms with Crippen LogP contribution in [0.3, 0.4) is 0 Å². The lowest BCUT2D eigenvalue weighted by Gasteiger charge is -2.04. The van der Waals surface area contributed by atoms with E-state index in [1.54, 1.807) is 18.5 Å². The fourth-order valence-electron chi connectivity index (χ4n) is 1.82. The molecule has 0 aliphatic carbocycles. The van der Waals surface area contributed by atoms with Crippen molar-refractivity contribution in [3.8, 4) is 0 Å². The average molecular weight is 291 g/mol. The second-order valence-electron chi connectivity index (χ2n) is 4.32. The molecule has 0 amide bonds. The Hall–Kier alpha value is -1.84. The molecule has 2 rings (SSSR count). The third kappa shape index (κ3) is 5.43. The minimum atomic E-state index is 0. The Morgan fingerprint density at radius 2 is 1.95 bits per heavy atom. The maximum atomic E-state index is 11.9. The van der Waals surface area contributed by atoms with E-state index >= 15 is 0 Å². The zero-order valence-electron chi connectivity index (χ0n) is 11.2. The monoisotopic (exact) mass is 290 g/mol. The van der Waals surface area contributed by atoms with Gasteiger partial charge >= 0.3 is 0 Å². The number of Topliss-reactive ketones (excluding diaryl/α,β-unsaturated/α-hetero) is 1. The van der Waals surface area contributed by atoms with Crippen molar-refractivity contribution in [1.82, 2.24) is 10.6 Å². The topological polar surface area (TPSA) is 41.1 Å². The summed E-state index contributed by atoms with van der Waals surface area (Å²) in [6, 6.07) is 10.3. The predicted octanol–water partition coefficient (Wildman–Crippen LogP) is 2.37. The van der Waals surface area contributed by atoms with E-state index in [1.165, 1.54) is 5.56 Å². The van der Waals surface area contributed by atoms with E-state index in [-0.39, 0.29) is 18.2 Å². The zero-order chi connectivity index (χ0) is 13.3. The minimum absolute atomic E-state index is 0. The molecule has 0 saturated heterocycles. The van der Waals surface area contributed by atoms with E-state index in [0.29, 0.717) is 12.1 Å². The SMILES string of the molecule is Cl.O=C(CNCCc1ccccc1)C1=CC=CNC=C1. The number of hydrogen-bond acceptors (Lipinski definition) is 3. The second kappa shape index (κ2) is 9.13. The zero-order valence-corrected chi connectivity index (χ0v) is 12.0. The molecule has 4 heteroatoms. The molecule has 0 aromatic heterocycles. The Morgan fingerprint density at radius 3 is 2.75 bits per heavy atom. The lowest BCUT2D eigenvalue weighted by molar-refractivity contribution is -0.114. The normalized spacial score (nSPS) is 12.9. The van der Waals surface area contributed by atoms with E-state index < -0.39 is 0 Å². The molecule has 1 aromatic rings. The molecule has 0 atom stereocenters. The lowest BCUT2D eigenvalue weighted by Crippen LogP contribution is -2.25. The van der Waals surface area contributed by atoms with Crippen LogP contribution in [0.1, 0.15) is 5.56 Å². The molecular weight excluding hydrogens is 272 g/mol. The van der Waals surface area contributed by atoms with E-state index in [0.717, 1.165) is 13.0 Å². The number of allylic oxidation sites excluding steroid dienone is 3. The molecule has 0 bridgehead atoms. The lowest BCUT2D eigenvalue weighted by atomic mass is 10.1. The third-order valence-corrected chi connectivity index (χ3v) is 2.87. The van der Waals surface area contributed by atoms with Crippen molar-refractivity contribution in [2.75, 3.05) is 13.1 Å².